The van der Waals surface area contributed by atoms with Gasteiger partial charge in [0.25, 0.3) is 0 Å². The number of ether oxygens (including phenoxy) is 1. The van der Waals surface area contributed by atoms with Crippen molar-refractivity contribution in [2.24, 2.45) is 5.10 Å². The number of carbonyl (C=O) groups is 2. The second kappa shape index (κ2) is 9.42. The van der Waals surface area contributed by atoms with Crippen LogP contribution in [0.4, 0.5) is 0 Å². The summed E-state index contributed by atoms with van der Waals surface area (Å²) in [6.45, 7) is 0. The molecule has 0 spiro atoms. The number of thiophene rings is 1. The number of amides is 1. The molecule has 0 radical (unpaired) electrons. The molecule has 168 valence electrons. The Bertz CT molecular complexity index is 1570. The molecular weight excluding hydrogens is 540 g/mol. The van der Waals surface area contributed by atoms with Gasteiger partial charge in [-0.15, -0.1) is 11.3 Å². The molecule has 2 heterocycles. The van der Waals surface area contributed by atoms with Gasteiger partial charge in [0.05, 0.1) is 11.2 Å². The van der Waals surface area contributed by atoms with E-state index in [0.29, 0.717) is 26.8 Å². The lowest BCUT2D eigenvalue weighted by Gasteiger charge is -2.03. The molecule has 1 amide bonds. The van der Waals surface area contributed by atoms with Crippen LogP contribution >= 0.6 is 38.9 Å². The fraction of sp³-hybridized carbons (Fsp3) is 0. The van der Waals surface area contributed by atoms with E-state index in [-0.39, 0.29) is 5.76 Å². The van der Waals surface area contributed by atoms with E-state index < -0.39 is 11.9 Å². The van der Waals surface area contributed by atoms with E-state index in [1.54, 1.807) is 36.4 Å². The summed E-state index contributed by atoms with van der Waals surface area (Å²) in [5.74, 6) is -0.451. The molecule has 0 saturated carbocycles. The molecule has 1 N–H and O–H groups in total. The molecule has 5 rings (SSSR count). The average Bonchev–Trinajstić information content (AvgIpc) is 3.41. The summed E-state index contributed by atoms with van der Waals surface area (Å²) in [4.78, 5) is 25.2. The van der Waals surface area contributed by atoms with Gasteiger partial charge in [-0.1, -0.05) is 45.7 Å². The second-order valence-corrected chi connectivity index (χ2v) is 9.54. The van der Waals surface area contributed by atoms with Gasteiger partial charge in [0.2, 0.25) is 0 Å². The van der Waals surface area contributed by atoms with Gasteiger partial charge >= 0.3 is 11.9 Å². The van der Waals surface area contributed by atoms with Crippen LogP contribution in [0.1, 0.15) is 25.8 Å². The first kappa shape index (κ1) is 22.3. The number of hydrogen-bond acceptors (Lipinski definition) is 6. The largest absolute Gasteiger partial charge is 0.451 e. The van der Waals surface area contributed by atoms with Gasteiger partial charge in [-0.25, -0.2) is 10.2 Å². The lowest BCUT2D eigenvalue weighted by Crippen LogP contribution is -2.16. The lowest BCUT2D eigenvalue weighted by atomic mass is 10.2. The number of nitrogens with one attached hydrogen (secondary N) is 1. The van der Waals surface area contributed by atoms with E-state index in [4.69, 9.17) is 20.8 Å². The smallest absolute Gasteiger partial charge is 0.355 e. The van der Waals surface area contributed by atoms with E-state index in [0.717, 1.165) is 19.9 Å². The highest BCUT2D eigenvalue weighted by Gasteiger charge is 2.19. The molecule has 9 heteroatoms. The van der Waals surface area contributed by atoms with Crippen LogP contribution in [0.5, 0.6) is 5.75 Å². The topological polar surface area (TPSA) is 80.9 Å². The zero-order valence-corrected chi connectivity index (χ0v) is 20.4. The molecule has 0 unspecified atom stereocenters. The van der Waals surface area contributed by atoms with Crippen LogP contribution in [0, 0.1) is 0 Å². The second-order valence-electron chi connectivity index (χ2n) is 7.19. The van der Waals surface area contributed by atoms with Crippen LogP contribution in [0.15, 0.2) is 86.8 Å². The Balaban J connectivity index is 1.21. The van der Waals surface area contributed by atoms with Gasteiger partial charge in [0, 0.05) is 19.9 Å². The van der Waals surface area contributed by atoms with Gasteiger partial charge < -0.3 is 9.15 Å². The maximum atomic E-state index is 12.6. The molecule has 0 saturated heterocycles. The minimum atomic E-state index is -0.516. The Morgan fingerprint density at radius 1 is 1.06 bits per heavy atom. The molecule has 0 aliphatic carbocycles. The number of carbonyl (C=O) groups excluding carboxylic acids is 2. The van der Waals surface area contributed by atoms with Gasteiger partial charge in [-0.2, -0.15) is 5.10 Å². The van der Waals surface area contributed by atoms with Crippen molar-refractivity contribution in [1.29, 1.82) is 0 Å². The number of esters is 1. The molecule has 0 bridgehead atoms. The SMILES string of the molecule is O=C(N/N=C\c1ccc(OC(=O)c2sc3ccccc3c2Cl)cc1)c1cc2cc(Br)ccc2o1. The maximum Gasteiger partial charge on any atom is 0.355 e. The fourth-order valence-electron chi connectivity index (χ4n) is 3.27. The molecule has 0 atom stereocenters. The molecule has 6 nitrogen and oxygen atoms in total. The molecule has 2 aromatic heterocycles. The third-order valence-corrected chi connectivity index (χ3v) is 7.04. The van der Waals surface area contributed by atoms with Crippen molar-refractivity contribution < 1.29 is 18.7 Å². The van der Waals surface area contributed by atoms with Crippen LogP contribution in [0.2, 0.25) is 5.02 Å². The minimum absolute atomic E-state index is 0.160. The highest BCUT2D eigenvalue weighted by Crippen LogP contribution is 2.35. The van der Waals surface area contributed by atoms with Gasteiger partial charge in [-0.3, -0.25) is 4.79 Å². The summed E-state index contributed by atoms with van der Waals surface area (Å²) in [6, 6.07) is 21.4. The summed E-state index contributed by atoms with van der Waals surface area (Å²) in [7, 11) is 0. The Morgan fingerprint density at radius 3 is 2.65 bits per heavy atom. The first-order valence-electron chi connectivity index (χ1n) is 10.00. The highest BCUT2D eigenvalue weighted by molar-refractivity contribution is 9.10. The molecule has 0 aliphatic heterocycles. The Hall–Kier alpha value is -3.46. The third kappa shape index (κ3) is 4.61. The molecule has 0 aliphatic rings. The first-order chi connectivity index (χ1) is 16.5. The van der Waals surface area contributed by atoms with Crippen molar-refractivity contribution in [3.63, 3.8) is 0 Å². The van der Waals surface area contributed by atoms with E-state index in [9.17, 15) is 9.59 Å². The molecule has 34 heavy (non-hydrogen) atoms. The molecular formula is C25H14BrClN2O4S. The highest BCUT2D eigenvalue weighted by atomic mass is 79.9. The summed E-state index contributed by atoms with van der Waals surface area (Å²) in [5, 5.41) is 5.99. The van der Waals surface area contributed by atoms with Crippen molar-refractivity contribution in [2.75, 3.05) is 0 Å². The van der Waals surface area contributed by atoms with E-state index in [1.165, 1.54) is 17.6 Å². The standard InChI is InChI=1S/C25H14BrClN2O4S/c26-16-7-10-19-15(11-16)12-20(33-19)24(30)29-28-13-14-5-8-17(9-6-14)32-25(31)23-22(27)18-3-1-2-4-21(18)34-23/h1-13H,(H,29,30)/b28-13-. The van der Waals surface area contributed by atoms with Crippen molar-refractivity contribution in [3.8, 4) is 5.75 Å². The van der Waals surface area contributed by atoms with Crippen LogP contribution in [0.3, 0.4) is 0 Å². The number of furan rings is 1. The molecule has 5 aromatic rings. The van der Waals surface area contributed by atoms with Gasteiger partial charge in [0.1, 0.15) is 16.2 Å². The number of hydrazone groups is 1. The van der Waals surface area contributed by atoms with Crippen LogP contribution in [-0.2, 0) is 0 Å². The zero-order chi connectivity index (χ0) is 23.7. The number of nitrogens with zero attached hydrogens (tertiary/aromatic N) is 1. The number of rotatable bonds is 5. The Kier molecular flexibility index (Phi) is 6.19. The number of halogens is 2. The zero-order valence-electron chi connectivity index (χ0n) is 17.2. The average molecular weight is 554 g/mol. The summed E-state index contributed by atoms with van der Waals surface area (Å²) in [5.41, 5.74) is 3.75. The van der Waals surface area contributed by atoms with E-state index in [1.807, 2.05) is 36.4 Å². The maximum absolute atomic E-state index is 12.6. The van der Waals surface area contributed by atoms with Crippen LogP contribution in [-0.4, -0.2) is 18.1 Å². The fourth-order valence-corrected chi connectivity index (χ4v) is 5.03. The summed E-state index contributed by atoms with van der Waals surface area (Å²) < 4.78 is 12.8. The predicted octanol–water partition coefficient (Wildman–Crippen LogP) is 7.05. The number of hydrogen-bond donors (Lipinski definition) is 1. The van der Waals surface area contributed by atoms with E-state index >= 15 is 0 Å². The Morgan fingerprint density at radius 2 is 1.85 bits per heavy atom. The van der Waals surface area contributed by atoms with Gasteiger partial charge in [0.15, 0.2) is 5.76 Å². The van der Waals surface area contributed by atoms with Crippen LogP contribution < -0.4 is 10.2 Å². The lowest BCUT2D eigenvalue weighted by molar-refractivity contribution is 0.0739. The predicted molar refractivity (Wildman–Crippen MR) is 137 cm³/mol. The first-order valence-corrected chi connectivity index (χ1v) is 12.0. The minimum Gasteiger partial charge on any atom is -0.451 e. The normalized spacial score (nSPS) is 11.4. The van der Waals surface area contributed by atoms with Crippen molar-refractivity contribution in [2.45, 2.75) is 0 Å². The number of benzene rings is 3. The molecule has 0 fully saturated rings. The summed E-state index contributed by atoms with van der Waals surface area (Å²) >= 11 is 11.0. The monoisotopic (exact) mass is 552 g/mol. The van der Waals surface area contributed by atoms with E-state index in [2.05, 4.69) is 26.5 Å². The van der Waals surface area contributed by atoms with Crippen molar-refractivity contribution in [1.82, 2.24) is 5.43 Å². The Labute approximate surface area is 210 Å². The van der Waals surface area contributed by atoms with Gasteiger partial charge in [-0.05, 0) is 60.2 Å². The van der Waals surface area contributed by atoms with Crippen molar-refractivity contribution >= 4 is 78.0 Å². The summed E-state index contributed by atoms with van der Waals surface area (Å²) in [6.07, 6.45) is 1.48. The quantitative estimate of drug-likeness (QED) is 0.109. The third-order valence-electron chi connectivity index (χ3n) is 4.89. The number of fused-ring (bicyclic) bond motifs is 2. The molecule has 3 aromatic carbocycles. The van der Waals surface area contributed by atoms with Crippen molar-refractivity contribution in [3.05, 3.63) is 98.5 Å². The van der Waals surface area contributed by atoms with Crippen LogP contribution in [0.25, 0.3) is 21.1 Å².